The third-order valence-corrected chi connectivity index (χ3v) is 6.54. The van der Waals surface area contributed by atoms with Crippen LogP contribution in [0.1, 0.15) is 64.0 Å². The number of pyridine rings is 1. The number of likely N-dealkylation sites (tertiary alicyclic amines) is 1. The number of hydrogen-bond donors (Lipinski definition) is 1. The Labute approximate surface area is 155 Å². The summed E-state index contributed by atoms with van der Waals surface area (Å²) in [5.41, 5.74) is 0.618. The second-order valence-corrected chi connectivity index (χ2v) is 8.57. The van der Waals surface area contributed by atoms with Crippen LogP contribution in [-0.2, 0) is 4.79 Å². The summed E-state index contributed by atoms with van der Waals surface area (Å²) in [5.74, 6) is 0.969. The molecule has 3 rings (SSSR count). The average Bonchev–Trinajstić information content (AvgIpc) is 2.62. The fourth-order valence-electron chi connectivity index (χ4n) is 4.43. The molecule has 138 valence electrons. The van der Waals surface area contributed by atoms with E-state index in [1.807, 2.05) is 17.0 Å². The minimum Gasteiger partial charge on any atom is -0.393 e. The maximum Gasteiger partial charge on any atom is 0.228 e. The van der Waals surface area contributed by atoms with Crippen molar-refractivity contribution in [1.29, 1.82) is 0 Å². The van der Waals surface area contributed by atoms with Crippen molar-refractivity contribution >= 4 is 17.5 Å². The fraction of sp³-hybridized carbons (Fsp3) is 0.700. The van der Waals surface area contributed by atoms with Gasteiger partial charge in [-0.3, -0.25) is 9.78 Å². The summed E-state index contributed by atoms with van der Waals surface area (Å²) in [4.78, 5) is 19.6. The highest BCUT2D eigenvalue weighted by molar-refractivity contribution is 6.31. The molecule has 1 saturated heterocycles. The Morgan fingerprint density at radius 2 is 1.84 bits per heavy atom. The molecular formula is C20H29ClN2O2. The van der Waals surface area contributed by atoms with Crippen LogP contribution in [0.25, 0.3) is 0 Å². The summed E-state index contributed by atoms with van der Waals surface area (Å²) in [5, 5.41) is 10.5. The summed E-state index contributed by atoms with van der Waals surface area (Å²) in [6.07, 6.45) is 6.98. The lowest BCUT2D eigenvalue weighted by molar-refractivity contribution is -0.145. The van der Waals surface area contributed by atoms with Crippen molar-refractivity contribution in [3.63, 3.8) is 0 Å². The van der Waals surface area contributed by atoms with Crippen molar-refractivity contribution < 1.29 is 9.90 Å². The number of nitrogens with zero attached hydrogens (tertiary/aromatic N) is 2. The predicted octanol–water partition coefficient (Wildman–Crippen LogP) is 4.02. The molecule has 0 atom stereocenters. The number of aliphatic hydroxyl groups is 1. The minimum absolute atomic E-state index is 0.180. The molecule has 1 aromatic heterocycles. The highest BCUT2D eigenvalue weighted by Crippen LogP contribution is 2.41. The first-order chi connectivity index (χ1) is 11.9. The van der Waals surface area contributed by atoms with Crippen molar-refractivity contribution in [3.8, 4) is 0 Å². The minimum atomic E-state index is -0.352. The van der Waals surface area contributed by atoms with E-state index >= 15 is 0 Å². The zero-order valence-electron chi connectivity index (χ0n) is 15.2. The van der Waals surface area contributed by atoms with Gasteiger partial charge >= 0.3 is 0 Å². The number of carbonyl (C=O) groups is 1. The Morgan fingerprint density at radius 1 is 1.20 bits per heavy atom. The number of aromatic nitrogens is 1. The van der Waals surface area contributed by atoms with Crippen LogP contribution in [0.2, 0.25) is 5.02 Å². The largest absolute Gasteiger partial charge is 0.393 e. The second kappa shape index (κ2) is 7.63. The van der Waals surface area contributed by atoms with Crippen molar-refractivity contribution in [1.82, 2.24) is 9.88 Å². The fourth-order valence-corrected chi connectivity index (χ4v) is 4.71. The summed E-state index contributed by atoms with van der Waals surface area (Å²) >= 11 is 6.28. The smallest absolute Gasteiger partial charge is 0.228 e. The Kier molecular flexibility index (Phi) is 5.69. The molecule has 5 heteroatoms. The van der Waals surface area contributed by atoms with Gasteiger partial charge in [0.15, 0.2) is 0 Å². The highest BCUT2D eigenvalue weighted by Gasteiger charge is 2.41. The van der Waals surface area contributed by atoms with Crippen LogP contribution in [0.5, 0.6) is 0 Å². The van der Waals surface area contributed by atoms with E-state index in [0.29, 0.717) is 11.8 Å². The summed E-state index contributed by atoms with van der Waals surface area (Å²) < 4.78 is 0. The molecule has 1 aliphatic carbocycles. The molecule has 0 spiro atoms. The van der Waals surface area contributed by atoms with Crippen molar-refractivity contribution in [2.75, 3.05) is 13.1 Å². The molecule has 2 fully saturated rings. The Bertz CT molecular complexity index is 603. The number of piperidine rings is 1. The first-order valence-corrected chi connectivity index (χ1v) is 9.85. The molecule has 2 heterocycles. The van der Waals surface area contributed by atoms with Gasteiger partial charge in [-0.25, -0.2) is 0 Å². The maximum absolute atomic E-state index is 13.1. The van der Waals surface area contributed by atoms with E-state index in [1.54, 1.807) is 6.20 Å². The third-order valence-electron chi connectivity index (χ3n) is 6.22. The zero-order valence-corrected chi connectivity index (χ0v) is 16.0. The first kappa shape index (κ1) is 18.7. The van der Waals surface area contributed by atoms with Gasteiger partial charge in [-0.05, 0) is 56.6 Å². The molecular weight excluding hydrogens is 336 g/mol. The van der Waals surface area contributed by atoms with Crippen molar-refractivity contribution in [2.45, 2.75) is 64.4 Å². The van der Waals surface area contributed by atoms with E-state index in [4.69, 9.17) is 11.6 Å². The van der Waals surface area contributed by atoms with E-state index in [2.05, 4.69) is 18.8 Å². The van der Waals surface area contributed by atoms with Gasteiger partial charge in [0.2, 0.25) is 5.91 Å². The molecule has 0 aromatic carbocycles. The van der Waals surface area contributed by atoms with E-state index in [0.717, 1.165) is 62.3 Å². The van der Waals surface area contributed by atoms with Crippen LogP contribution in [0.4, 0.5) is 0 Å². The number of halogens is 1. The van der Waals surface area contributed by atoms with Gasteiger partial charge in [0, 0.05) is 30.6 Å². The predicted molar refractivity (Wildman–Crippen MR) is 99.5 cm³/mol. The molecule has 1 aromatic rings. The monoisotopic (exact) mass is 364 g/mol. The lowest BCUT2D eigenvalue weighted by atomic mass is 9.69. The van der Waals surface area contributed by atoms with E-state index in [-0.39, 0.29) is 17.4 Å². The summed E-state index contributed by atoms with van der Waals surface area (Å²) in [6, 6.07) is 3.75. The van der Waals surface area contributed by atoms with E-state index in [9.17, 15) is 9.90 Å². The Morgan fingerprint density at radius 3 is 2.44 bits per heavy atom. The molecule has 0 radical (unpaired) electrons. The normalized spacial score (nSPS) is 25.8. The lowest BCUT2D eigenvalue weighted by Gasteiger charge is -2.42. The highest BCUT2D eigenvalue weighted by atomic mass is 35.5. The number of hydrogen-bond acceptors (Lipinski definition) is 3. The molecule has 1 saturated carbocycles. The van der Waals surface area contributed by atoms with Gasteiger partial charge in [0.05, 0.1) is 16.8 Å². The molecule has 4 nitrogen and oxygen atoms in total. The van der Waals surface area contributed by atoms with Crippen LogP contribution in [0, 0.1) is 11.3 Å². The van der Waals surface area contributed by atoms with E-state index < -0.39 is 0 Å². The van der Waals surface area contributed by atoms with Gasteiger partial charge in [-0.1, -0.05) is 25.4 Å². The lowest BCUT2D eigenvalue weighted by Crippen LogP contribution is -2.48. The van der Waals surface area contributed by atoms with Crippen molar-refractivity contribution in [3.05, 3.63) is 29.0 Å². The van der Waals surface area contributed by atoms with Crippen LogP contribution < -0.4 is 0 Å². The van der Waals surface area contributed by atoms with Crippen LogP contribution >= 0.6 is 11.6 Å². The Hall–Kier alpha value is -1.13. The SMILES string of the molecule is CC(C)(C(=O)N1CCC(c2ncccc2Cl)CC1)C1CCC(O)CC1. The zero-order chi connectivity index (χ0) is 18.0. The molecule has 2 aliphatic rings. The topological polar surface area (TPSA) is 53.4 Å². The van der Waals surface area contributed by atoms with Gasteiger partial charge in [-0.15, -0.1) is 0 Å². The summed E-state index contributed by atoms with van der Waals surface area (Å²) in [7, 11) is 0. The number of carbonyl (C=O) groups excluding carboxylic acids is 1. The standard InChI is InChI=1S/C20H29ClN2O2/c1-20(2,15-5-7-16(24)8-6-15)19(25)23-12-9-14(10-13-23)18-17(21)4-3-11-22-18/h3-4,11,14-16,24H,5-10,12-13H2,1-2H3. The number of rotatable bonds is 3. The molecule has 1 amide bonds. The van der Waals surface area contributed by atoms with Crippen LogP contribution in [0.15, 0.2) is 18.3 Å². The number of aliphatic hydroxyl groups excluding tert-OH is 1. The molecule has 1 aliphatic heterocycles. The quantitative estimate of drug-likeness (QED) is 0.881. The van der Waals surface area contributed by atoms with Gasteiger partial charge in [0.25, 0.3) is 0 Å². The molecule has 0 bridgehead atoms. The van der Waals surface area contributed by atoms with Gasteiger partial charge in [-0.2, -0.15) is 0 Å². The van der Waals surface area contributed by atoms with Crippen LogP contribution in [0.3, 0.4) is 0 Å². The maximum atomic E-state index is 13.1. The second-order valence-electron chi connectivity index (χ2n) is 8.16. The number of amides is 1. The molecule has 1 N–H and O–H groups in total. The van der Waals surface area contributed by atoms with Gasteiger partial charge in [0.1, 0.15) is 0 Å². The third kappa shape index (κ3) is 4.01. The summed E-state index contributed by atoms with van der Waals surface area (Å²) in [6.45, 7) is 5.71. The van der Waals surface area contributed by atoms with Crippen LogP contribution in [-0.4, -0.2) is 40.1 Å². The Balaban J connectivity index is 1.60. The van der Waals surface area contributed by atoms with Crippen molar-refractivity contribution in [2.24, 2.45) is 11.3 Å². The molecule has 0 unspecified atom stereocenters. The average molecular weight is 365 g/mol. The first-order valence-electron chi connectivity index (χ1n) is 9.47. The van der Waals surface area contributed by atoms with Gasteiger partial charge < -0.3 is 10.0 Å². The van der Waals surface area contributed by atoms with E-state index in [1.165, 1.54) is 0 Å². The molecule has 25 heavy (non-hydrogen) atoms.